The van der Waals surface area contributed by atoms with Crippen molar-refractivity contribution in [3.63, 3.8) is 0 Å². The highest BCUT2D eigenvalue weighted by atomic mass is 16.8. The lowest BCUT2D eigenvalue weighted by Gasteiger charge is -2.45. The minimum absolute atomic E-state index is 0.0102. The van der Waals surface area contributed by atoms with Crippen molar-refractivity contribution in [3.8, 4) is 0 Å². The van der Waals surface area contributed by atoms with Crippen LogP contribution < -0.4 is 0 Å². The van der Waals surface area contributed by atoms with Gasteiger partial charge < -0.3 is 47.4 Å². The summed E-state index contributed by atoms with van der Waals surface area (Å²) in [6, 6.07) is 8.96. The van der Waals surface area contributed by atoms with Crippen molar-refractivity contribution in [2.24, 2.45) is 0 Å². The fourth-order valence-electron chi connectivity index (χ4n) is 4.92. The molecule has 0 saturated carbocycles. The number of hydrogen-bond donors (Lipinski definition) is 0. The van der Waals surface area contributed by atoms with Crippen LogP contribution in [0.2, 0.25) is 0 Å². The Bertz CT molecular complexity index is 1230. The summed E-state index contributed by atoms with van der Waals surface area (Å²) >= 11 is 0. The molecule has 2 saturated heterocycles. The van der Waals surface area contributed by atoms with E-state index in [0.717, 1.165) is 47.1 Å². The van der Waals surface area contributed by atoms with Gasteiger partial charge in [-0.3, -0.25) is 28.8 Å². The van der Waals surface area contributed by atoms with Crippen LogP contribution in [0, 0.1) is 0 Å². The minimum atomic E-state index is -1.42. The fourth-order valence-corrected chi connectivity index (χ4v) is 4.92. The first-order valence-electron chi connectivity index (χ1n) is 14.3. The van der Waals surface area contributed by atoms with Crippen molar-refractivity contribution < 1.29 is 76.1 Å². The van der Waals surface area contributed by atoms with Crippen molar-refractivity contribution in [1.82, 2.24) is 0 Å². The summed E-state index contributed by atoms with van der Waals surface area (Å²) < 4.78 is 56.1. The van der Waals surface area contributed by atoms with Crippen LogP contribution in [-0.2, 0) is 82.7 Å². The number of esters is 6. The fraction of sp³-hybridized carbons (Fsp3) is 0.600. The molecule has 0 N–H and O–H groups in total. The maximum absolute atomic E-state index is 12.2. The van der Waals surface area contributed by atoms with Crippen LogP contribution in [-0.4, -0.2) is 104 Å². The van der Waals surface area contributed by atoms with Crippen molar-refractivity contribution in [2.75, 3.05) is 13.2 Å². The van der Waals surface area contributed by atoms with Crippen LogP contribution in [0.3, 0.4) is 0 Å². The van der Waals surface area contributed by atoms with Crippen molar-refractivity contribution in [2.45, 2.75) is 103 Å². The summed E-state index contributed by atoms with van der Waals surface area (Å²) in [5.74, 6) is -4.57. The number of hydrogen-bond acceptors (Lipinski definition) is 16. The lowest BCUT2D eigenvalue weighted by atomic mass is 9.98. The van der Waals surface area contributed by atoms with Gasteiger partial charge in [0.2, 0.25) is 0 Å². The first kappa shape index (κ1) is 36.3. The molecule has 0 bridgehead atoms. The van der Waals surface area contributed by atoms with Crippen molar-refractivity contribution in [3.05, 3.63) is 35.9 Å². The number of rotatable bonds is 12. The molecule has 0 unspecified atom stereocenters. The number of carbonyl (C=O) groups excluding carboxylic acids is 6. The zero-order chi connectivity index (χ0) is 34.0. The molecule has 2 aliphatic rings. The van der Waals surface area contributed by atoms with Gasteiger partial charge in [-0.1, -0.05) is 30.3 Å². The maximum Gasteiger partial charge on any atom is 0.303 e. The molecule has 1 aromatic carbocycles. The smallest absolute Gasteiger partial charge is 0.303 e. The van der Waals surface area contributed by atoms with Gasteiger partial charge in [-0.2, -0.15) is 0 Å². The van der Waals surface area contributed by atoms with E-state index in [4.69, 9.17) is 47.4 Å². The number of benzene rings is 1. The zero-order valence-electron chi connectivity index (χ0n) is 26.2. The molecule has 1 aromatic rings. The molecule has 0 spiro atoms. The summed E-state index contributed by atoms with van der Waals surface area (Å²) in [5, 5.41) is 0. The Morgan fingerprint density at radius 2 is 1.07 bits per heavy atom. The molecular formula is C30H38O16. The first-order valence-corrected chi connectivity index (χ1v) is 14.3. The minimum Gasteiger partial charge on any atom is -0.456 e. The highest BCUT2D eigenvalue weighted by Gasteiger charge is 2.54. The lowest BCUT2D eigenvalue weighted by molar-refractivity contribution is -0.327. The zero-order valence-corrected chi connectivity index (χ0v) is 26.2. The van der Waals surface area contributed by atoms with E-state index in [1.165, 1.54) is 0 Å². The van der Waals surface area contributed by atoms with Crippen LogP contribution in [0.1, 0.15) is 47.1 Å². The second-order valence-electron chi connectivity index (χ2n) is 10.4. The van der Waals surface area contributed by atoms with E-state index in [2.05, 4.69) is 0 Å². The van der Waals surface area contributed by atoms with Crippen LogP contribution >= 0.6 is 0 Å². The molecule has 16 heteroatoms. The Morgan fingerprint density at radius 1 is 0.587 bits per heavy atom. The first-order chi connectivity index (χ1) is 21.7. The van der Waals surface area contributed by atoms with E-state index in [1.54, 1.807) is 24.3 Å². The Kier molecular flexibility index (Phi) is 13.4. The molecule has 0 amide bonds. The van der Waals surface area contributed by atoms with E-state index in [9.17, 15) is 28.8 Å². The topological polar surface area (TPSA) is 195 Å². The summed E-state index contributed by atoms with van der Waals surface area (Å²) in [5.41, 5.74) is 0.741. The van der Waals surface area contributed by atoms with Gasteiger partial charge in [0.05, 0.1) is 19.8 Å². The van der Waals surface area contributed by atoms with Gasteiger partial charge >= 0.3 is 35.8 Å². The van der Waals surface area contributed by atoms with E-state index < -0.39 is 97.7 Å². The predicted octanol–water partition coefficient (Wildman–Crippen LogP) is 0.891. The van der Waals surface area contributed by atoms with Gasteiger partial charge in [0, 0.05) is 41.5 Å². The number of ether oxygens (including phenoxy) is 10. The molecule has 46 heavy (non-hydrogen) atoms. The summed E-state index contributed by atoms with van der Waals surface area (Å²) in [7, 11) is 0. The van der Waals surface area contributed by atoms with Gasteiger partial charge in [0.15, 0.2) is 49.2 Å². The Labute approximate surface area is 264 Å². The third-order valence-corrected chi connectivity index (χ3v) is 6.48. The maximum atomic E-state index is 12.2. The quantitative estimate of drug-likeness (QED) is 0.227. The van der Waals surface area contributed by atoms with Crippen LogP contribution in [0.15, 0.2) is 30.3 Å². The Balaban J connectivity index is 1.93. The van der Waals surface area contributed by atoms with Crippen molar-refractivity contribution in [1.29, 1.82) is 0 Å². The molecule has 9 atom stereocenters. The van der Waals surface area contributed by atoms with Gasteiger partial charge in [-0.25, -0.2) is 0 Å². The van der Waals surface area contributed by atoms with E-state index >= 15 is 0 Å². The Morgan fingerprint density at radius 3 is 1.61 bits per heavy atom. The largest absolute Gasteiger partial charge is 0.456 e. The average Bonchev–Trinajstić information content (AvgIpc) is 2.95. The molecule has 16 nitrogen and oxygen atoms in total. The molecule has 2 heterocycles. The van der Waals surface area contributed by atoms with Crippen LogP contribution in [0.5, 0.6) is 0 Å². The van der Waals surface area contributed by atoms with E-state index in [-0.39, 0.29) is 13.2 Å². The van der Waals surface area contributed by atoms with Crippen molar-refractivity contribution >= 4 is 35.8 Å². The standard InChI is InChI=1S/C30H38O16/c1-15(31)40-22-13-38-29(27(44-19(5)35)25(22)42-17(3)33)39-14-23-24(41-16(2)32)26(43-18(4)34)28(45-20(6)36)30(46-23)37-12-21-10-8-7-9-11-21/h7-11,22-30H,12-14H2,1-6H3/t22-,23+,24+,25-,26-,27+,28+,29-,30+/m0/s1. The van der Waals surface area contributed by atoms with Gasteiger partial charge in [-0.15, -0.1) is 0 Å². The molecule has 0 aliphatic carbocycles. The summed E-state index contributed by atoms with van der Waals surface area (Å²) in [4.78, 5) is 72.1. The SMILES string of the molecule is CC(=O)O[C@@H]1[C@@H](OC(C)=O)[C@H](OCc2ccccc2)O[C@H](CO[C@@H]2OC[C@H](OC(C)=O)[C@H](OC(C)=O)[C@H]2OC(C)=O)[C@H]1OC(C)=O. The number of carbonyl (C=O) groups is 6. The van der Waals surface area contributed by atoms with Crippen LogP contribution in [0.4, 0.5) is 0 Å². The second kappa shape index (κ2) is 17.0. The average molecular weight is 655 g/mol. The predicted molar refractivity (Wildman–Crippen MR) is 149 cm³/mol. The summed E-state index contributed by atoms with van der Waals surface area (Å²) in [6.45, 7) is 5.93. The van der Waals surface area contributed by atoms with Gasteiger partial charge in [0.25, 0.3) is 0 Å². The van der Waals surface area contributed by atoms with E-state index in [1.807, 2.05) is 6.07 Å². The van der Waals surface area contributed by atoms with Gasteiger partial charge in [-0.05, 0) is 5.56 Å². The Hall–Kier alpha value is -4.12. The highest BCUT2D eigenvalue weighted by Crippen LogP contribution is 2.32. The molecule has 254 valence electrons. The third-order valence-electron chi connectivity index (χ3n) is 6.48. The summed E-state index contributed by atoms with van der Waals surface area (Å²) in [6.07, 6.45) is -12.1. The molecule has 2 aliphatic heterocycles. The third kappa shape index (κ3) is 10.8. The van der Waals surface area contributed by atoms with Crippen LogP contribution in [0.25, 0.3) is 0 Å². The second-order valence-corrected chi connectivity index (χ2v) is 10.4. The van der Waals surface area contributed by atoms with E-state index in [0.29, 0.717) is 0 Å². The molecule has 0 radical (unpaired) electrons. The normalized spacial score (nSPS) is 29.0. The highest BCUT2D eigenvalue weighted by molar-refractivity contribution is 5.69. The molecule has 0 aromatic heterocycles. The lowest BCUT2D eigenvalue weighted by Crippen LogP contribution is -2.63. The molecule has 2 fully saturated rings. The van der Waals surface area contributed by atoms with Gasteiger partial charge in [0.1, 0.15) is 6.10 Å². The molecule has 3 rings (SSSR count). The monoisotopic (exact) mass is 654 g/mol. The molecular weight excluding hydrogens is 616 g/mol.